The fourth-order valence-electron chi connectivity index (χ4n) is 3.67. The molecule has 1 N–H and O–H groups in total. The van der Waals surface area contributed by atoms with E-state index < -0.39 is 0 Å². The molecular weight excluding hydrogens is 444 g/mol. The molecule has 0 aliphatic heterocycles. The largest absolute Gasteiger partial charge is 0.497 e. The highest BCUT2D eigenvalue weighted by Crippen LogP contribution is 2.27. The van der Waals surface area contributed by atoms with E-state index in [4.69, 9.17) is 4.74 Å². The molecule has 3 aromatic carbocycles. The van der Waals surface area contributed by atoms with E-state index in [9.17, 15) is 4.79 Å². The van der Waals surface area contributed by atoms with Crippen molar-refractivity contribution in [1.82, 2.24) is 20.1 Å². The zero-order valence-electron chi connectivity index (χ0n) is 19.0. The Morgan fingerprint density at radius 1 is 0.971 bits per heavy atom. The molecule has 7 heteroatoms. The molecule has 34 heavy (non-hydrogen) atoms. The van der Waals surface area contributed by atoms with Crippen LogP contribution in [0.25, 0.3) is 5.69 Å². The van der Waals surface area contributed by atoms with E-state index in [0.29, 0.717) is 18.0 Å². The van der Waals surface area contributed by atoms with Gasteiger partial charge in [0, 0.05) is 29.5 Å². The minimum atomic E-state index is 0.00602. The summed E-state index contributed by atoms with van der Waals surface area (Å²) in [5, 5.41) is 12.9. The Bertz CT molecular complexity index is 1250. The number of nitrogens with zero attached hydrogens (tertiary/aromatic N) is 3. The third kappa shape index (κ3) is 5.31. The van der Waals surface area contributed by atoms with E-state index >= 15 is 0 Å². The van der Waals surface area contributed by atoms with Crippen LogP contribution < -0.4 is 10.1 Å². The number of carbonyl (C=O) groups is 1. The van der Waals surface area contributed by atoms with Crippen LogP contribution >= 0.6 is 11.8 Å². The van der Waals surface area contributed by atoms with Crippen molar-refractivity contribution in [1.29, 1.82) is 0 Å². The molecule has 172 valence electrons. The summed E-state index contributed by atoms with van der Waals surface area (Å²) in [5.74, 6) is 2.42. The van der Waals surface area contributed by atoms with Gasteiger partial charge >= 0.3 is 0 Å². The lowest BCUT2D eigenvalue weighted by molar-refractivity contribution is 0.0951. The van der Waals surface area contributed by atoms with Gasteiger partial charge in [0.1, 0.15) is 11.6 Å². The standard InChI is InChI=1S/C27H26N4O2S/c1-33-24-15-13-23(14-16-24)31-25(17-19-5-3-2-4-6-19)29-30-27(31)34-18-20-7-9-21(10-8-20)26(32)28-22-11-12-22/h2-10,13-16,22H,11-12,17-18H2,1H3,(H,28,32). The van der Waals surface area contributed by atoms with Gasteiger partial charge in [0.15, 0.2) is 5.16 Å². The average molecular weight is 471 g/mol. The topological polar surface area (TPSA) is 69.0 Å². The Hall–Kier alpha value is -3.58. The lowest BCUT2D eigenvalue weighted by atomic mass is 10.1. The molecule has 1 aliphatic rings. The Labute approximate surface area is 203 Å². The first-order chi connectivity index (χ1) is 16.7. The molecular formula is C27H26N4O2S. The highest BCUT2D eigenvalue weighted by molar-refractivity contribution is 7.98. The molecule has 5 rings (SSSR count). The Kier molecular flexibility index (Phi) is 6.62. The number of ether oxygens (including phenoxy) is 1. The Morgan fingerprint density at radius 3 is 2.38 bits per heavy atom. The van der Waals surface area contributed by atoms with Gasteiger partial charge in [-0.2, -0.15) is 0 Å². The molecule has 0 radical (unpaired) electrons. The molecule has 0 saturated heterocycles. The maximum Gasteiger partial charge on any atom is 0.251 e. The number of rotatable bonds is 9. The van der Waals surface area contributed by atoms with Crippen molar-refractivity contribution >= 4 is 17.7 Å². The molecule has 0 spiro atoms. The Morgan fingerprint density at radius 2 is 1.71 bits per heavy atom. The third-order valence-corrected chi connectivity index (χ3v) is 6.73. The summed E-state index contributed by atoms with van der Waals surface area (Å²) >= 11 is 1.63. The van der Waals surface area contributed by atoms with E-state index in [-0.39, 0.29) is 5.91 Å². The number of hydrogen-bond donors (Lipinski definition) is 1. The normalized spacial score (nSPS) is 13.0. The van der Waals surface area contributed by atoms with Crippen LogP contribution in [-0.2, 0) is 12.2 Å². The van der Waals surface area contributed by atoms with Crippen molar-refractivity contribution in [3.63, 3.8) is 0 Å². The zero-order chi connectivity index (χ0) is 23.3. The van der Waals surface area contributed by atoms with Crippen LogP contribution in [-0.4, -0.2) is 33.8 Å². The van der Waals surface area contributed by atoms with Crippen LogP contribution in [0.2, 0.25) is 0 Å². The van der Waals surface area contributed by atoms with Crippen molar-refractivity contribution in [3.8, 4) is 11.4 Å². The van der Waals surface area contributed by atoms with Gasteiger partial charge in [-0.1, -0.05) is 54.2 Å². The minimum absolute atomic E-state index is 0.00602. The highest BCUT2D eigenvalue weighted by Gasteiger charge is 2.23. The van der Waals surface area contributed by atoms with Gasteiger partial charge in [-0.15, -0.1) is 10.2 Å². The zero-order valence-corrected chi connectivity index (χ0v) is 19.8. The summed E-state index contributed by atoms with van der Waals surface area (Å²) in [6.45, 7) is 0. The summed E-state index contributed by atoms with van der Waals surface area (Å²) in [6.07, 6.45) is 2.86. The summed E-state index contributed by atoms with van der Waals surface area (Å²) < 4.78 is 7.43. The van der Waals surface area contributed by atoms with Gasteiger partial charge in [-0.3, -0.25) is 9.36 Å². The fraction of sp³-hybridized carbons (Fsp3) is 0.222. The number of benzene rings is 3. The summed E-state index contributed by atoms with van der Waals surface area (Å²) in [7, 11) is 1.66. The van der Waals surface area contributed by atoms with Gasteiger partial charge in [-0.05, 0) is 60.4 Å². The SMILES string of the molecule is COc1ccc(-n2c(Cc3ccccc3)nnc2SCc2ccc(C(=O)NC3CC3)cc2)cc1. The van der Waals surface area contributed by atoms with Gasteiger partial charge in [0.05, 0.1) is 7.11 Å². The van der Waals surface area contributed by atoms with Crippen molar-refractivity contribution in [3.05, 3.63) is 101 Å². The Balaban J connectivity index is 1.35. The van der Waals surface area contributed by atoms with Gasteiger partial charge in [0.25, 0.3) is 5.91 Å². The average Bonchev–Trinajstić information content (AvgIpc) is 3.61. The minimum Gasteiger partial charge on any atom is -0.497 e. The molecule has 1 amide bonds. The third-order valence-electron chi connectivity index (χ3n) is 5.73. The lowest BCUT2D eigenvalue weighted by Crippen LogP contribution is -2.25. The summed E-state index contributed by atoms with van der Waals surface area (Å²) in [4.78, 5) is 12.2. The van der Waals surface area contributed by atoms with Gasteiger partial charge < -0.3 is 10.1 Å². The molecule has 1 aliphatic carbocycles. The molecule has 6 nitrogen and oxygen atoms in total. The number of nitrogens with one attached hydrogen (secondary N) is 1. The molecule has 0 atom stereocenters. The maximum absolute atomic E-state index is 12.2. The van der Waals surface area contributed by atoms with Gasteiger partial charge in [0.2, 0.25) is 0 Å². The van der Waals surface area contributed by atoms with Crippen molar-refractivity contribution in [2.24, 2.45) is 0 Å². The van der Waals surface area contributed by atoms with Crippen molar-refractivity contribution in [2.45, 2.75) is 36.2 Å². The second kappa shape index (κ2) is 10.1. The smallest absolute Gasteiger partial charge is 0.251 e. The van der Waals surface area contributed by atoms with E-state index in [2.05, 4.69) is 32.2 Å². The lowest BCUT2D eigenvalue weighted by Gasteiger charge is -2.11. The van der Waals surface area contributed by atoms with Crippen LogP contribution in [0.3, 0.4) is 0 Å². The van der Waals surface area contributed by atoms with Crippen LogP contribution in [0.5, 0.6) is 5.75 Å². The summed E-state index contributed by atoms with van der Waals surface area (Å²) in [5.41, 5.74) is 4.00. The maximum atomic E-state index is 12.2. The molecule has 1 heterocycles. The first kappa shape index (κ1) is 22.2. The highest BCUT2D eigenvalue weighted by atomic mass is 32.2. The number of thioether (sulfide) groups is 1. The first-order valence-corrected chi connectivity index (χ1v) is 12.3. The number of methoxy groups -OCH3 is 1. The van der Waals surface area contributed by atoms with Crippen molar-refractivity contribution in [2.75, 3.05) is 7.11 Å². The second-order valence-corrected chi connectivity index (χ2v) is 9.27. The predicted octanol–water partition coefficient (Wildman–Crippen LogP) is 5.05. The quantitative estimate of drug-likeness (QED) is 0.347. The van der Waals surface area contributed by atoms with Gasteiger partial charge in [-0.25, -0.2) is 0 Å². The van der Waals surface area contributed by atoms with E-state index in [1.807, 2.05) is 66.7 Å². The second-order valence-electron chi connectivity index (χ2n) is 8.33. The number of aromatic nitrogens is 3. The van der Waals surface area contributed by atoms with E-state index in [1.165, 1.54) is 5.56 Å². The van der Waals surface area contributed by atoms with Crippen LogP contribution in [0.1, 0.15) is 40.2 Å². The number of amides is 1. The monoisotopic (exact) mass is 470 g/mol. The summed E-state index contributed by atoms with van der Waals surface area (Å²) in [6, 6.07) is 26.4. The molecule has 1 aromatic heterocycles. The fourth-order valence-corrected chi connectivity index (χ4v) is 4.60. The number of hydrogen-bond acceptors (Lipinski definition) is 5. The molecule has 1 fully saturated rings. The molecule has 0 unspecified atom stereocenters. The van der Waals surface area contributed by atoms with Crippen molar-refractivity contribution < 1.29 is 9.53 Å². The van der Waals surface area contributed by atoms with E-state index in [0.717, 1.165) is 46.6 Å². The first-order valence-electron chi connectivity index (χ1n) is 11.3. The number of carbonyl (C=O) groups excluding carboxylic acids is 1. The van der Waals surface area contributed by atoms with Crippen LogP contribution in [0, 0.1) is 0 Å². The predicted molar refractivity (Wildman–Crippen MR) is 134 cm³/mol. The molecule has 4 aromatic rings. The van der Waals surface area contributed by atoms with Crippen LogP contribution in [0.4, 0.5) is 0 Å². The van der Waals surface area contributed by atoms with Crippen LogP contribution in [0.15, 0.2) is 84.0 Å². The molecule has 0 bridgehead atoms. The molecule has 1 saturated carbocycles. The van der Waals surface area contributed by atoms with E-state index in [1.54, 1.807) is 18.9 Å².